The van der Waals surface area contributed by atoms with Gasteiger partial charge in [0.25, 0.3) is 11.8 Å². The minimum absolute atomic E-state index is 0.0386. The van der Waals surface area contributed by atoms with Crippen LogP contribution in [-0.4, -0.2) is 27.0 Å². The lowest BCUT2D eigenvalue weighted by Gasteiger charge is -2.15. The van der Waals surface area contributed by atoms with E-state index in [1.165, 1.54) is 6.07 Å². The smallest absolute Gasteiger partial charge is 0.324 e. The molecule has 0 saturated heterocycles. The number of halogens is 1. The van der Waals surface area contributed by atoms with Gasteiger partial charge in [-0.2, -0.15) is 4.98 Å². The number of imide groups is 1. The van der Waals surface area contributed by atoms with E-state index in [1.54, 1.807) is 47.4 Å². The maximum absolute atomic E-state index is 14.0. The summed E-state index contributed by atoms with van der Waals surface area (Å²) in [4.78, 5) is 31.0. The van der Waals surface area contributed by atoms with Gasteiger partial charge in [-0.05, 0) is 35.4 Å². The van der Waals surface area contributed by atoms with Gasteiger partial charge in [0.2, 0.25) is 5.82 Å². The number of rotatable bonds is 3. The molecule has 0 unspecified atom stereocenters. The molecule has 3 aromatic carbocycles. The molecular weight excluding hydrogens is 411 g/mol. The van der Waals surface area contributed by atoms with Gasteiger partial charge in [0.05, 0.1) is 5.56 Å². The van der Waals surface area contributed by atoms with E-state index >= 15 is 0 Å². The van der Waals surface area contributed by atoms with Gasteiger partial charge in [-0.15, -0.1) is 0 Å². The molecule has 0 aliphatic carbocycles. The number of hydrogen-bond donors (Lipinski definition) is 1. The Balaban J connectivity index is 1.31. The summed E-state index contributed by atoms with van der Waals surface area (Å²) < 4.78 is 19.2. The van der Waals surface area contributed by atoms with Crippen molar-refractivity contribution in [3.8, 4) is 22.8 Å². The molecule has 3 amide bonds. The van der Waals surface area contributed by atoms with Crippen LogP contribution >= 0.6 is 0 Å². The lowest BCUT2D eigenvalue weighted by Crippen LogP contribution is -2.40. The summed E-state index contributed by atoms with van der Waals surface area (Å²) in [5.74, 6) is -0.764. The molecule has 0 fully saturated rings. The molecule has 0 saturated carbocycles. The number of nitrogens with one attached hydrogen (secondary N) is 1. The minimum atomic E-state index is -0.536. The van der Waals surface area contributed by atoms with Gasteiger partial charge in [-0.25, -0.2) is 9.18 Å². The van der Waals surface area contributed by atoms with Crippen molar-refractivity contribution in [1.29, 1.82) is 0 Å². The highest BCUT2D eigenvalue weighted by molar-refractivity contribution is 6.04. The summed E-state index contributed by atoms with van der Waals surface area (Å²) >= 11 is 0. The van der Waals surface area contributed by atoms with Crippen LogP contribution in [-0.2, 0) is 13.1 Å². The van der Waals surface area contributed by atoms with Crippen molar-refractivity contribution in [2.45, 2.75) is 13.1 Å². The molecule has 1 aliphatic rings. The molecule has 1 aromatic heterocycles. The third-order valence-corrected chi connectivity index (χ3v) is 5.26. The normalized spacial score (nSPS) is 12.5. The minimum Gasteiger partial charge on any atom is -0.334 e. The van der Waals surface area contributed by atoms with Crippen LogP contribution in [0.5, 0.6) is 0 Å². The van der Waals surface area contributed by atoms with E-state index in [9.17, 15) is 14.0 Å². The van der Waals surface area contributed by atoms with Gasteiger partial charge in [-0.1, -0.05) is 53.7 Å². The first-order valence-electron chi connectivity index (χ1n) is 9.94. The molecule has 4 aromatic rings. The molecule has 1 N–H and O–H groups in total. The van der Waals surface area contributed by atoms with Crippen molar-refractivity contribution in [3.05, 3.63) is 95.3 Å². The number of urea groups is 1. The first-order valence-corrected chi connectivity index (χ1v) is 9.94. The molecule has 7 nitrogen and oxygen atoms in total. The summed E-state index contributed by atoms with van der Waals surface area (Å²) in [5, 5.41) is 6.32. The number of carbonyl (C=O) groups is 2. The van der Waals surface area contributed by atoms with Gasteiger partial charge in [-0.3, -0.25) is 10.1 Å². The van der Waals surface area contributed by atoms with E-state index in [4.69, 9.17) is 4.52 Å². The molecule has 0 atom stereocenters. The van der Waals surface area contributed by atoms with Crippen LogP contribution in [0, 0.1) is 5.82 Å². The highest BCUT2D eigenvalue weighted by atomic mass is 19.1. The summed E-state index contributed by atoms with van der Waals surface area (Å²) in [6, 6.07) is 19.9. The number of amides is 3. The van der Waals surface area contributed by atoms with E-state index in [0.717, 1.165) is 11.1 Å². The molecule has 2 heterocycles. The Hall–Kier alpha value is -4.33. The summed E-state index contributed by atoms with van der Waals surface area (Å²) in [7, 11) is 0. The molecule has 32 heavy (non-hydrogen) atoms. The van der Waals surface area contributed by atoms with Crippen molar-refractivity contribution >= 4 is 11.9 Å². The number of aromatic nitrogens is 2. The maximum Gasteiger partial charge on any atom is 0.324 e. The van der Waals surface area contributed by atoms with Crippen LogP contribution in [0.15, 0.2) is 77.3 Å². The van der Waals surface area contributed by atoms with Gasteiger partial charge in [0.1, 0.15) is 5.82 Å². The molecule has 0 spiro atoms. The zero-order chi connectivity index (χ0) is 22.1. The highest BCUT2D eigenvalue weighted by Crippen LogP contribution is 2.25. The van der Waals surface area contributed by atoms with Crippen LogP contribution < -0.4 is 5.32 Å². The van der Waals surface area contributed by atoms with E-state index in [1.807, 2.05) is 24.3 Å². The van der Waals surface area contributed by atoms with E-state index in [0.29, 0.717) is 18.7 Å². The van der Waals surface area contributed by atoms with Crippen LogP contribution in [0.2, 0.25) is 0 Å². The maximum atomic E-state index is 14.0. The Labute approximate surface area is 182 Å². The quantitative estimate of drug-likeness (QED) is 0.522. The van der Waals surface area contributed by atoms with Crippen LogP contribution in [0.1, 0.15) is 21.5 Å². The molecule has 5 rings (SSSR count). The van der Waals surface area contributed by atoms with E-state index in [2.05, 4.69) is 15.5 Å². The Bertz CT molecular complexity index is 1310. The van der Waals surface area contributed by atoms with Gasteiger partial charge >= 0.3 is 6.03 Å². The number of benzene rings is 3. The first kappa shape index (κ1) is 19.6. The van der Waals surface area contributed by atoms with Gasteiger partial charge in [0.15, 0.2) is 0 Å². The second-order valence-corrected chi connectivity index (χ2v) is 7.37. The van der Waals surface area contributed by atoms with Crippen molar-refractivity contribution in [1.82, 2.24) is 20.4 Å². The Morgan fingerprint density at radius 1 is 0.938 bits per heavy atom. The van der Waals surface area contributed by atoms with Crippen LogP contribution in [0.25, 0.3) is 22.8 Å². The van der Waals surface area contributed by atoms with Crippen molar-refractivity contribution in [2.24, 2.45) is 0 Å². The van der Waals surface area contributed by atoms with Crippen LogP contribution in [0.4, 0.5) is 9.18 Å². The second-order valence-electron chi connectivity index (χ2n) is 7.37. The average Bonchev–Trinajstić information content (AvgIpc) is 3.47. The predicted octanol–water partition coefficient (Wildman–Crippen LogP) is 4.41. The third-order valence-electron chi connectivity index (χ3n) is 5.26. The Morgan fingerprint density at radius 3 is 2.41 bits per heavy atom. The molecule has 8 heteroatoms. The zero-order valence-corrected chi connectivity index (χ0v) is 16.8. The topological polar surface area (TPSA) is 88.3 Å². The van der Waals surface area contributed by atoms with E-state index < -0.39 is 17.8 Å². The van der Waals surface area contributed by atoms with Crippen molar-refractivity contribution in [2.75, 3.05) is 0 Å². The SMILES string of the molecule is O=C(NC(=O)N1Cc2ccccc2C1)c1cccc(-c2noc(-c3ccccc3F)n2)c1. The van der Waals surface area contributed by atoms with E-state index in [-0.39, 0.29) is 22.8 Å². The Kier molecular flexibility index (Phi) is 4.95. The molecule has 0 bridgehead atoms. The standard InChI is InChI=1S/C24H17FN4O3/c25-20-11-4-3-10-19(20)23-26-21(28-32-23)15-8-5-9-16(12-15)22(30)27-24(31)29-13-17-6-1-2-7-18(17)14-29/h1-12H,13-14H2,(H,27,30,31). The Morgan fingerprint density at radius 2 is 1.66 bits per heavy atom. The first-order chi connectivity index (χ1) is 15.6. The largest absolute Gasteiger partial charge is 0.334 e. The monoisotopic (exact) mass is 428 g/mol. The number of hydrogen-bond acceptors (Lipinski definition) is 5. The summed E-state index contributed by atoms with van der Waals surface area (Å²) in [5.41, 5.74) is 3.10. The molecule has 158 valence electrons. The van der Waals surface area contributed by atoms with Crippen molar-refractivity contribution < 1.29 is 18.5 Å². The summed E-state index contributed by atoms with van der Waals surface area (Å²) in [6.45, 7) is 0.911. The average molecular weight is 428 g/mol. The third kappa shape index (κ3) is 3.74. The van der Waals surface area contributed by atoms with Crippen molar-refractivity contribution in [3.63, 3.8) is 0 Å². The zero-order valence-electron chi connectivity index (χ0n) is 16.8. The van der Waals surface area contributed by atoms with Crippen LogP contribution in [0.3, 0.4) is 0 Å². The van der Waals surface area contributed by atoms with Gasteiger partial charge in [0, 0.05) is 24.2 Å². The molecule has 0 radical (unpaired) electrons. The fraction of sp³-hybridized carbons (Fsp3) is 0.0833. The number of nitrogens with zero attached hydrogens (tertiary/aromatic N) is 3. The molecule has 1 aliphatic heterocycles. The summed E-state index contributed by atoms with van der Waals surface area (Å²) in [6.07, 6.45) is 0. The lowest BCUT2D eigenvalue weighted by molar-refractivity contribution is 0.0951. The highest BCUT2D eigenvalue weighted by Gasteiger charge is 2.24. The predicted molar refractivity (Wildman–Crippen MR) is 114 cm³/mol. The fourth-order valence-corrected chi connectivity index (χ4v) is 3.61. The number of fused-ring (bicyclic) bond motifs is 1. The lowest BCUT2D eigenvalue weighted by atomic mass is 10.1. The van der Waals surface area contributed by atoms with Gasteiger partial charge < -0.3 is 9.42 Å². The second kappa shape index (κ2) is 8.07. The molecular formula is C24H17FN4O3. The number of carbonyl (C=O) groups excluding carboxylic acids is 2. The fourth-order valence-electron chi connectivity index (χ4n) is 3.61.